The third-order valence-electron chi connectivity index (χ3n) is 3.62. The van der Waals surface area contributed by atoms with Crippen LogP contribution in [-0.4, -0.2) is 16.9 Å². The predicted molar refractivity (Wildman–Crippen MR) is 107 cm³/mol. The summed E-state index contributed by atoms with van der Waals surface area (Å²) in [6.07, 6.45) is 3.62. The Labute approximate surface area is 164 Å². The average molecular weight is 426 g/mol. The fraction of sp³-hybridized carbons (Fsp3) is 0.0952. The Hall–Kier alpha value is -2.99. The minimum atomic E-state index is -0.398. The van der Waals surface area contributed by atoms with Gasteiger partial charge in [0, 0.05) is 29.3 Å². The van der Waals surface area contributed by atoms with Gasteiger partial charge in [0.15, 0.2) is 5.75 Å². The SMILES string of the molecule is CC(=O)Oc1ccc(Br)cc1C=Cc1ccc2cccc(OC(C)=O)c2n1. The molecule has 5 nitrogen and oxygen atoms in total. The van der Waals surface area contributed by atoms with Crippen LogP contribution in [0.3, 0.4) is 0 Å². The molecule has 3 aromatic rings. The molecular formula is C21H16BrNO4. The smallest absolute Gasteiger partial charge is 0.308 e. The number of nitrogens with zero attached hydrogens (tertiary/aromatic N) is 1. The van der Waals surface area contributed by atoms with Gasteiger partial charge in [-0.25, -0.2) is 4.98 Å². The highest BCUT2D eigenvalue weighted by Crippen LogP contribution is 2.27. The summed E-state index contributed by atoms with van der Waals surface area (Å²) >= 11 is 3.42. The van der Waals surface area contributed by atoms with Crippen molar-refractivity contribution in [2.75, 3.05) is 0 Å². The third-order valence-corrected chi connectivity index (χ3v) is 4.11. The van der Waals surface area contributed by atoms with Crippen LogP contribution in [-0.2, 0) is 9.59 Å². The largest absolute Gasteiger partial charge is 0.426 e. The number of hydrogen-bond acceptors (Lipinski definition) is 5. The van der Waals surface area contributed by atoms with Crippen LogP contribution in [0.4, 0.5) is 0 Å². The van der Waals surface area contributed by atoms with E-state index in [2.05, 4.69) is 20.9 Å². The fourth-order valence-electron chi connectivity index (χ4n) is 2.54. The summed E-state index contributed by atoms with van der Waals surface area (Å²) in [5, 5.41) is 0.869. The van der Waals surface area contributed by atoms with E-state index in [1.54, 1.807) is 24.3 Å². The van der Waals surface area contributed by atoms with E-state index in [4.69, 9.17) is 9.47 Å². The van der Waals surface area contributed by atoms with E-state index in [-0.39, 0.29) is 5.97 Å². The fourth-order valence-corrected chi connectivity index (χ4v) is 2.92. The Morgan fingerprint density at radius 1 is 0.926 bits per heavy atom. The van der Waals surface area contributed by atoms with E-state index in [1.807, 2.05) is 36.4 Å². The summed E-state index contributed by atoms with van der Waals surface area (Å²) in [7, 11) is 0. The summed E-state index contributed by atoms with van der Waals surface area (Å²) in [6.45, 7) is 2.71. The van der Waals surface area contributed by atoms with Crippen molar-refractivity contribution in [3.63, 3.8) is 0 Å². The van der Waals surface area contributed by atoms with Gasteiger partial charge in [-0.15, -0.1) is 0 Å². The number of benzene rings is 2. The molecule has 0 aliphatic heterocycles. The molecular weight excluding hydrogens is 410 g/mol. The van der Waals surface area contributed by atoms with Crippen molar-refractivity contribution in [1.82, 2.24) is 4.98 Å². The van der Waals surface area contributed by atoms with Gasteiger partial charge in [0.1, 0.15) is 11.3 Å². The van der Waals surface area contributed by atoms with Gasteiger partial charge in [0.2, 0.25) is 0 Å². The van der Waals surface area contributed by atoms with Gasteiger partial charge in [-0.05, 0) is 42.5 Å². The maximum Gasteiger partial charge on any atom is 0.308 e. The molecule has 0 saturated carbocycles. The van der Waals surface area contributed by atoms with Gasteiger partial charge in [0.05, 0.1) is 5.69 Å². The first-order chi connectivity index (χ1) is 12.9. The predicted octanol–water partition coefficient (Wildman–Crippen LogP) is 5.02. The second-order valence-corrected chi connectivity index (χ2v) is 6.68. The van der Waals surface area contributed by atoms with Crippen LogP contribution in [0.5, 0.6) is 11.5 Å². The number of rotatable bonds is 4. The Morgan fingerprint density at radius 3 is 2.41 bits per heavy atom. The van der Waals surface area contributed by atoms with Crippen molar-refractivity contribution < 1.29 is 19.1 Å². The molecule has 0 radical (unpaired) electrons. The molecule has 0 saturated heterocycles. The number of pyridine rings is 1. The third kappa shape index (κ3) is 4.80. The number of ether oxygens (including phenoxy) is 2. The van der Waals surface area contributed by atoms with E-state index in [0.29, 0.717) is 22.7 Å². The number of aromatic nitrogens is 1. The van der Waals surface area contributed by atoms with Crippen LogP contribution < -0.4 is 9.47 Å². The first-order valence-corrected chi connectivity index (χ1v) is 8.96. The number of carbonyl (C=O) groups is 2. The highest BCUT2D eigenvalue weighted by Gasteiger charge is 2.08. The van der Waals surface area contributed by atoms with E-state index in [1.165, 1.54) is 13.8 Å². The average Bonchev–Trinajstić information content (AvgIpc) is 2.61. The summed E-state index contributed by atoms with van der Waals surface area (Å²) < 4.78 is 11.3. The lowest BCUT2D eigenvalue weighted by Gasteiger charge is -2.07. The molecule has 1 heterocycles. The molecule has 0 unspecified atom stereocenters. The van der Waals surface area contributed by atoms with Gasteiger partial charge >= 0.3 is 11.9 Å². The second kappa shape index (κ2) is 8.14. The maximum absolute atomic E-state index is 11.3. The monoisotopic (exact) mass is 425 g/mol. The van der Waals surface area contributed by atoms with E-state index in [9.17, 15) is 9.59 Å². The summed E-state index contributed by atoms with van der Waals surface area (Å²) in [5.74, 6) is 0.0916. The highest BCUT2D eigenvalue weighted by atomic mass is 79.9. The molecule has 0 aliphatic rings. The lowest BCUT2D eigenvalue weighted by molar-refractivity contribution is -0.132. The molecule has 1 aromatic heterocycles. The zero-order valence-corrected chi connectivity index (χ0v) is 16.3. The molecule has 0 amide bonds. The number of carbonyl (C=O) groups excluding carboxylic acids is 2. The molecule has 0 atom stereocenters. The Kier molecular flexibility index (Phi) is 5.66. The molecule has 6 heteroatoms. The van der Waals surface area contributed by atoms with Crippen LogP contribution >= 0.6 is 15.9 Å². The van der Waals surface area contributed by atoms with Gasteiger partial charge < -0.3 is 9.47 Å². The minimum absolute atomic E-state index is 0.387. The highest BCUT2D eigenvalue weighted by molar-refractivity contribution is 9.10. The van der Waals surface area contributed by atoms with Crippen LogP contribution in [0.1, 0.15) is 25.1 Å². The summed E-state index contributed by atoms with van der Waals surface area (Å²) in [5.41, 5.74) is 2.01. The zero-order valence-electron chi connectivity index (χ0n) is 14.7. The lowest BCUT2D eigenvalue weighted by atomic mass is 10.1. The Morgan fingerprint density at radius 2 is 1.67 bits per heavy atom. The van der Waals surface area contributed by atoms with Gasteiger partial charge in [-0.2, -0.15) is 0 Å². The summed E-state index contributed by atoms with van der Waals surface area (Å²) in [6, 6.07) is 14.5. The minimum Gasteiger partial charge on any atom is -0.426 e. The van der Waals surface area contributed by atoms with Crippen molar-refractivity contribution in [3.8, 4) is 11.5 Å². The van der Waals surface area contributed by atoms with Crippen LogP contribution in [0.2, 0.25) is 0 Å². The molecule has 3 rings (SSSR count). The lowest BCUT2D eigenvalue weighted by Crippen LogP contribution is -2.02. The quantitative estimate of drug-likeness (QED) is 0.433. The van der Waals surface area contributed by atoms with E-state index < -0.39 is 5.97 Å². The molecule has 2 aromatic carbocycles. The van der Waals surface area contributed by atoms with Gasteiger partial charge in [0.25, 0.3) is 0 Å². The van der Waals surface area contributed by atoms with E-state index >= 15 is 0 Å². The first-order valence-electron chi connectivity index (χ1n) is 8.16. The number of hydrogen-bond donors (Lipinski definition) is 0. The molecule has 0 spiro atoms. The Balaban J connectivity index is 1.98. The van der Waals surface area contributed by atoms with Crippen molar-refractivity contribution in [2.45, 2.75) is 13.8 Å². The van der Waals surface area contributed by atoms with Gasteiger partial charge in [-0.3, -0.25) is 9.59 Å². The van der Waals surface area contributed by atoms with Crippen molar-refractivity contribution >= 4 is 50.9 Å². The zero-order chi connectivity index (χ0) is 19.4. The number of fused-ring (bicyclic) bond motifs is 1. The van der Waals surface area contributed by atoms with Gasteiger partial charge in [-0.1, -0.05) is 34.1 Å². The molecule has 0 aliphatic carbocycles. The Bertz CT molecular complexity index is 1060. The summed E-state index contributed by atoms with van der Waals surface area (Å²) in [4.78, 5) is 27.2. The number of esters is 2. The normalized spacial score (nSPS) is 10.9. The van der Waals surface area contributed by atoms with Crippen LogP contribution in [0, 0.1) is 0 Å². The standard InChI is InChI=1S/C21H16BrNO4/c1-13(24)26-19-11-8-17(22)12-16(19)7-10-18-9-6-15-4-3-5-20(21(15)23-18)27-14(2)25/h3-12H,1-2H3. The number of halogens is 1. The number of para-hydroxylation sites is 1. The van der Waals surface area contributed by atoms with Crippen molar-refractivity contribution in [3.05, 3.63) is 64.3 Å². The maximum atomic E-state index is 11.3. The molecule has 0 fully saturated rings. The van der Waals surface area contributed by atoms with Crippen molar-refractivity contribution in [2.24, 2.45) is 0 Å². The first kappa shape index (κ1) is 18.8. The van der Waals surface area contributed by atoms with Crippen molar-refractivity contribution in [1.29, 1.82) is 0 Å². The van der Waals surface area contributed by atoms with Crippen LogP contribution in [0.15, 0.2) is 53.0 Å². The second-order valence-electron chi connectivity index (χ2n) is 5.77. The molecule has 136 valence electrons. The molecule has 27 heavy (non-hydrogen) atoms. The topological polar surface area (TPSA) is 65.5 Å². The molecule has 0 bridgehead atoms. The van der Waals surface area contributed by atoms with Crippen LogP contribution in [0.25, 0.3) is 23.1 Å². The molecule has 0 N–H and O–H groups in total. The van der Waals surface area contributed by atoms with E-state index in [0.717, 1.165) is 15.4 Å².